The third kappa shape index (κ3) is 6.98. The Morgan fingerprint density at radius 2 is 1.08 bits per heavy atom. The van der Waals surface area contributed by atoms with E-state index in [9.17, 15) is 24.9 Å². The molecule has 4 aromatic rings. The van der Waals surface area contributed by atoms with Gasteiger partial charge in [-0.05, 0) is 139 Å². The summed E-state index contributed by atoms with van der Waals surface area (Å²) >= 11 is 0. The van der Waals surface area contributed by atoms with Crippen LogP contribution in [0.5, 0.6) is 11.5 Å². The SMILES string of the molecule is CC.CCn1c2c(ccc1=O)CC1(O)C(C)N(C)CCC1(c1cc(O)ccc1C)C2.CCn1c2c(ccc1=O)CC1(O)C(C)N(C)CCC1(c1cc(OC)ccc1C)C2. The number of methoxy groups -OCH3 is 1. The van der Waals surface area contributed by atoms with Crippen LogP contribution in [0.25, 0.3) is 0 Å². The number of fused-ring (bicyclic) bond motifs is 4. The average Bonchev–Trinajstić information content (AvgIpc) is 3.23. The number of benzene rings is 2. The summed E-state index contributed by atoms with van der Waals surface area (Å²) in [6, 6.07) is 18.6. The molecule has 10 heteroatoms. The van der Waals surface area contributed by atoms with Crippen LogP contribution in [0.2, 0.25) is 0 Å². The Hall–Kier alpha value is -4.22. The maximum absolute atomic E-state index is 12.6. The van der Waals surface area contributed by atoms with E-state index in [1.165, 1.54) is 0 Å². The van der Waals surface area contributed by atoms with Crippen molar-refractivity contribution in [2.45, 2.75) is 141 Å². The molecule has 320 valence electrons. The average molecular weight is 809 g/mol. The maximum atomic E-state index is 12.6. The first kappa shape index (κ1) is 44.3. The lowest BCUT2D eigenvalue weighted by Crippen LogP contribution is -2.70. The summed E-state index contributed by atoms with van der Waals surface area (Å²) in [6.07, 6.45) is 3.93. The minimum atomic E-state index is -0.985. The molecule has 2 aromatic heterocycles. The molecule has 8 rings (SSSR count). The van der Waals surface area contributed by atoms with Gasteiger partial charge in [0.25, 0.3) is 11.1 Å². The van der Waals surface area contributed by atoms with Crippen LogP contribution in [0.1, 0.15) is 99.2 Å². The second-order valence-electron chi connectivity index (χ2n) is 17.5. The van der Waals surface area contributed by atoms with Crippen molar-refractivity contribution in [1.82, 2.24) is 18.9 Å². The molecule has 10 nitrogen and oxygen atoms in total. The first-order valence-electron chi connectivity index (χ1n) is 21.7. The van der Waals surface area contributed by atoms with Crippen molar-refractivity contribution < 1.29 is 20.1 Å². The molecule has 2 aliphatic carbocycles. The second kappa shape index (κ2) is 16.7. The van der Waals surface area contributed by atoms with Crippen molar-refractivity contribution in [1.29, 1.82) is 0 Å². The van der Waals surface area contributed by atoms with Crippen LogP contribution in [-0.4, -0.2) is 91.8 Å². The number of aliphatic hydroxyl groups is 2. The fourth-order valence-electron chi connectivity index (χ4n) is 11.4. The number of aryl methyl sites for hydroxylation is 2. The van der Waals surface area contributed by atoms with Crippen molar-refractivity contribution >= 4 is 0 Å². The number of aromatic hydroxyl groups is 1. The number of nitrogens with zero attached hydrogens (tertiary/aromatic N) is 4. The molecule has 0 bridgehead atoms. The van der Waals surface area contributed by atoms with E-state index in [1.54, 1.807) is 25.3 Å². The number of hydrogen-bond acceptors (Lipinski definition) is 8. The molecule has 6 unspecified atom stereocenters. The Morgan fingerprint density at radius 1 is 0.661 bits per heavy atom. The molecule has 2 fully saturated rings. The van der Waals surface area contributed by atoms with Gasteiger partial charge < -0.3 is 39.0 Å². The molecule has 0 radical (unpaired) electrons. The van der Waals surface area contributed by atoms with Gasteiger partial charge >= 0.3 is 0 Å². The minimum absolute atomic E-state index is 0.00277. The monoisotopic (exact) mass is 809 g/mol. The summed E-state index contributed by atoms with van der Waals surface area (Å²) in [5, 5.41) is 34.8. The Morgan fingerprint density at radius 3 is 1.51 bits per heavy atom. The van der Waals surface area contributed by atoms with Gasteiger partial charge in [-0.15, -0.1) is 0 Å². The van der Waals surface area contributed by atoms with Crippen molar-refractivity contribution in [3.8, 4) is 11.5 Å². The molecule has 4 heterocycles. The maximum Gasteiger partial charge on any atom is 0.250 e. The summed E-state index contributed by atoms with van der Waals surface area (Å²) in [7, 11) is 5.83. The number of likely N-dealkylation sites (N-methyl/N-ethyl adjacent to an activating group) is 2. The predicted octanol–water partition coefficient (Wildman–Crippen LogP) is 6.08. The largest absolute Gasteiger partial charge is 0.508 e. The number of likely N-dealkylation sites (tertiary alicyclic amines) is 2. The van der Waals surface area contributed by atoms with Crippen LogP contribution in [0.4, 0.5) is 0 Å². The predicted molar refractivity (Wildman–Crippen MR) is 236 cm³/mol. The zero-order valence-electron chi connectivity index (χ0n) is 37.4. The highest BCUT2D eigenvalue weighted by molar-refractivity contribution is 5.49. The van der Waals surface area contributed by atoms with Crippen LogP contribution < -0.4 is 15.9 Å². The van der Waals surface area contributed by atoms with E-state index < -0.39 is 22.0 Å². The quantitative estimate of drug-likeness (QED) is 0.222. The molecule has 0 spiro atoms. The Kier molecular flexibility index (Phi) is 12.5. The van der Waals surface area contributed by atoms with Crippen molar-refractivity contribution in [3.63, 3.8) is 0 Å². The van der Waals surface area contributed by atoms with E-state index in [2.05, 4.69) is 56.8 Å². The van der Waals surface area contributed by atoms with Gasteiger partial charge in [-0.25, -0.2) is 0 Å². The number of phenols is 1. The normalized spacial score (nSPS) is 28.7. The fraction of sp³-hybridized carbons (Fsp3) is 0.551. The van der Waals surface area contributed by atoms with Gasteiger partial charge in [0.05, 0.1) is 18.3 Å². The molecular formula is C49H68N4O6. The number of ether oxygens (including phenoxy) is 1. The van der Waals surface area contributed by atoms with E-state index in [1.807, 2.05) is 74.1 Å². The van der Waals surface area contributed by atoms with Gasteiger partial charge in [-0.3, -0.25) is 9.59 Å². The highest BCUT2D eigenvalue weighted by Gasteiger charge is 2.62. The third-order valence-electron chi connectivity index (χ3n) is 15.1. The van der Waals surface area contributed by atoms with Gasteiger partial charge in [-0.2, -0.15) is 0 Å². The van der Waals surface area contributed by atoms with E-state index in [-0.39, 0.29) is 29.0 Å². The van der Waals surface area contributed by atoms with E-state index >= 15 is 0 Å². The van der Waals surface area contributed by atoms with Crippen LogP contribution in [0.3, 0.4) is 0 Å². The van der Waals surface area contributed by atoms with Crippen LogP contribution in [0.15, 0.2) is 70.3 Å². The lowest BCUT2D eigenvalue weighted by atomic mass is 9.53. The van der Waals surface area contributed by atoms with Gasteiger partial charge in [0.2, 0.25) is 0 Å². The molecular weight excluding hydrogens is 741 g/mol. The van der Waals surface area contributed by atoms with Crippen molar-refractivity contribution in [2.75, 3.05) is 34.3 Å². The lowest BCUT2D eigenvalue weighted by molar-refractivity contribution is -0.133. The first-order chi connectivity index (χ1) is 28.0. The van der Waals surface area contributed by atoms with Crippen molar-refractivity contribution in [3.05, 3.63) is 126 Å². The van der Waals surface area contributed by atoms with E-state index in [0.717, 1.165) is 76.4 Å². The van der Waals surface area contributed by atoms with Crippen LogP contribution >= 0.6 is 0 Å². The van der Waals surface area contributed by atoms with E-state index in [0.29, 0.717) is 38.8 Å². The standard InChI is InChI=1S/C24H32N2O3.C23H30N2O3.C2H6/c1-6-26-21-15-23(20-13-19(29-5)9-7-16(20)2)11-12-25(4)17(3)24(23,28)14-18(21)8-10-22(26)27;1-5-25-20-14-22(19-12-18(26)8-6-15(19)2)10-11-24(4)16(3)23(22,28)13-17(20)7-9-21(25)27;1-2/h7-10,13,17,28H,6,11-12,14-15H2,1-5H3;6-9,12,16,26,28H,5,10-11,13-14H2,1-4H3;1-2H3. The molecule has 3 N–H and O–H groups in total. The topological polar surface area (TPSA) is 120 Å². The van der Waals surface area contributed by atoms with Crippen molar-refractivity contribution in [2.24, 2.45) is 0 Å². The molecule has 59 heavy (non-hydrogen) atoms. The third-order valence-corrected chi connectivity index (χ3v) is 15.1. The zero-order chi connectivity index (χ0) is 43.2. The Labute approximate surface area is 351 Å². The Bertz CT molecular complexity index is 2300. The zero-order valence-corrected chi connectivity index (χ0v) is 37.4. The minimum Gasteiger partial charge on any atom is -0.508 e. The molecule has 2 aromatic carbocycles. The van der Waals surface area contributed by atoms with Crippen LogP contribution in [-0.2, 0) is 49.6 Å². The summed E-state index contributed by atoms with van der Waals surface area (Å²) < 4.78 is 9.27. The Balaban J connectivity index is 0.000000191. The number of hydrogen-bond donors (Lipinski definition) is 3. The lowest BCUT2D eigenvalue weighted by Gasteiger charge is -2.60. The number of pyridine rings is 2. The van der Waals surface area contributed by atoms with E-state index in [4.69, 9.17) is 4.74 Å². The summed E-state index contributed by atoms with van der Waals surface area (Å²) in [6.45, 7) is 19.4. The fourth-order valence-corrected chi connectivity index (χ4v) is 11.4. The molecule has 2 aliphatic heterocycles. The number of piperidine rings is 2. The number of aromatic nitrogens is 2. The van der Waals surface area contributed by atoms with Gasteiger partial charge in [0, 0.05) is 85.2 Å². The number of phenolic OH excluding ortho intramolecular Hbond substituents is 1. The van der Waals surface area contributed by atoms with Crippen LogP contribution in [0, 0.1) is 13.8 Å². The smallest absolute Gasteiger partial charge is 0.250 e. The van der Waals surface area contributed by atoms with Gasteiger partial charge in [0.1, 0.15) is 11.5 Å². The highest BCUT2D eigenvalue weighted by atomic mass is 16.5. The van der Waals surface area contributed by atoms with Gasteiger partial charge in [0.15, 0.2) is 0 Å². The summed E-state index contributed by atoms with van der Waals surface area (Å²) in [5.74, 6) is 1.02. The molecule has 4 aliphatic rings. The highest BCUT2D eigenvalue weighted by Crippen LogP contribution is 2.55. The molecule has 6 atom stereocenters. The second-order valence-corrected chi connectivity index (χ2v) is 17.5. The van der Waals surface area contributed by atoms with Gasteiger partial charge in [-0.1, -0.05) is 38.1 Å². The first-order valence-corrected chi connectivity index (χ1v) is 21.7. The molecule has 0 amide bonds. The molecule has 0 saturated carbocycles. The summed E-state index contributed by atoms with van der Waals surface area (Å²) in [5.41, 5.74) is 5.74. The number of rotatable bonds is 5. The molecule has 2 saturated heterocycles. The summed E-state index contributed by atoms with van der Waals surface area (Å²) in [4.78, 5) is 29.5.